The first-order valence-electron chi connectivity index (χ1n) is 8.35. The van der Waals surface area contributed by atoms with Crippen LogP contribution in [-0.4, -0.2) is 38.4 Å². The molecule has 0 fully saturated rings. The van der Waals surface area contributed by atoms with Gasteiger partial charge in [-0.2, -0.15) is 26.3 Å². The SMILES string of the molecule is O=C(O)c1cccc(C(c2cccc(-c3[c-]cc(F)nc3F)n2)(C(F)(F)F)C(F)(F)F)n1.[Pt]. The van der Waals surface area contributed by atoms with E-state index in [1.165, 1.54) is 0 Å². The second-order valence-corrected chi connectivity index (χ2v) is 6.26. The minimum Gasteiger partial charge on any atom is -0.477 e. The zero-order valence-corrected chi connectivity index (χ0v) is 17.9. The van der Waals surface area contributed by atoms with Gasteiger partial charge in [-0.3, -0.25) is 9.97 Å². The molecule has 14 heteroatoms. The van der Waals surface area contributed by atoms with Crippen LogP contribution in [0.3, 0.4) is 0 Å². The van der Waals surface area contributed by atoms with E-state index in [1.54, 1.807) is 0 Å². The van der Waals surface area contributed by atoms with Gasteiger partial charge in [0.2, 0.25) is 5.41 Å². The molecule has 0 radical (unpaired) electrons. The summed E-state index contributed by atoms with van der Waals surface area (Å²) in [5.74, 6) is -4.75. The number of aromatic nitrogens is 3. The Labute approximate surface area is 193 Å². The number of aromatic carboxylic acids is 1. The molecule has 1 N–H and O–H groups in total. The minimum absolute atomic E-state index is 0. The Kier molecular flexibility index (Phi) is 7.27. The molecule has 3 aromatic heterocycles. The van der Waals surface area contributed by atoms with Crippen LogP contribution in [0.5, 0.6) is 0 Å². The number of rotatable bonds is 4. The quantitative estimate of drug-likeness (QED) is 0.250. The molecule has 3 rings (SSSR count). The number of carbonyl (C=O) groups is 1. The number of hydrogen-bond acceptors (Lipinski definition) is 4. The fourth-order valence-corrected chi connectivity index (χ4v) is 2.97. The predicted octanol–water partition coefficient (Wildman–Crippen LogP) is 4.72. The van der Waals surface area contributed by atoms with E-state index in [4.69, 9.17) is 5.11 Å². The van der Waals surface area contributed by atoms with Gasteiger partial charge in [-0.15, -0.1) is 6.07 Å². The second kappa shape index (κ2) is 9.12. The van der Waals surface area contributed by atoms with Crippen LogP contribution in [0.25, 0.3) is 11.3 Å². The van der Waals surface area contributed by atoms with Crippen molar-refractivity contribution in [1.29, 1.82) is 0 Å². The summed E-state index contributed by atoms with van der Waals surface area (Å²) in [5, 5.41) is 8.97. The van der Waals surface area contributed by atoms with Gasteiger partial charge in [-0.25, -0.2) is 18.6 Å². The zero-order valence-electron chi connectivity index (χ0n) is 15.6. The molecule has 0 aliphatic carbocycles. The van der Waals surface area contributed by atoms with Crippen molar-refractivity contribution in [3.8, 4) is 11.3 Å². The molecule has 0 unspecified atom stereocenters. The summed E-state index contributed by atoms with van der Waals surface area (Å²) in [6.07, 6.45) is -12.2. The Morgan fingerprint density at radius 2 is 1.39 bits per heavy atom. The van der Waals surface area contributed by atoms with Crippen molar-refractivity contribution < 1.29 is 66.1 Å². The van der Waals surface area contributed by atoms with E-state index in [1.807, 2.05) is 6.07 Å². The first-order valence-corrected chi connectivity index (χ1v) is 8.35. The maximum atomic E-state index is 14.2. The van der Waals surface area contributed by atoms with Crippen LogP contribution >= 0.6 is 0 Å². The van der Waals surface area contributed by atoms with E-state index in [-0.39, 0.29) is 21.1 Å². The van der Waals surface area contributed by atoms with Gasteiger partial charge in [0.05, 0.1) is 11.4 Å². The van der Waals surface area contributed by atoms with Crippen molar-refractivity contribution in [3.63, 3.8) is 0 Å². The molecule has 0 saturated heterocycles. The summed E-state index contributed by atoms with van der Waals surface area (Å²) in [6.45, 7) is 0. The standard InChI is InChI=1S/C19H8F8N3O2.Pt/c20-14-8-7-9(15(21)30-14)10-3-1-5-12(28-10)17(18(22,23)24,19(25,26)27)13-6-2-4-11(29-13)16(31)32;/h1-6,8H,(H,31,32);/q-1;. The maximum absolute atomic E-state index is 14.2. The van der Waals surface area contributed by atoms with Gasteiger partial charge in [-0.1, -0.05) is 29.8 Å². The zero-order chi connectivity index (χ0) is 23.9. The molecule has 3 aromatic rings. The second-order valence-electron chi connectivity index (χ2n) is 6.26. The van der Waals surface area contributed by atoms with Crippen LogP contribution in [0.2, 0.25) is 0 Å². The third-order valence-electron chi connectivity index (χ3n) is 4.34. The molecule has 33 heavy (non-hydrogen) atoms. The minimum atomic E-state index is -6.11. The van der Waals surface area contributed by atoms with Crippen molar-refractivity contribution in [2.45, 2.75) is 17.8 Å². The molecule has 0 amide bonds. The van der Waals surface area contributed by atoms with Crippen LogP contribution in [0.4, 0.5) is 35.1 Å². The van der Waals surface area contributed by atoms with Crippen molar-refractivity contribution in [1.82, 2.24) is 15.0 Å². The van der Waals surface area contributed by atoms with Crippen LogP contribution in [0, 0.1) is 18.0 Å². The van der Waals surface area contributed by atoms with Crippen LogP contribution < -0.4 is 0 Å². The number of alkyl halides is 6. The van der Waals surface area contributed by atoms with Gasteiger partial charge in [0.25, 0.3) is 0 Å². The fraction of sp³-hybridized carbons (Fsp3) is 0.158. The summed E-state index contributed by atoms with van der Waals surface area (Å²) in [4.78, 5) is 20.3. The van der Waals surface area contributed by atoms with E-state index in [0.717, 1.165) is 12.1 Å². The van der Waals surface area contributed by atoms with E-state index >= 15 is 0 Å². The number of nitrogens with zero attached hydrogens (tertiary/aromatic N) is 3. The Hall–Kier alpha value is -2.95. The Bertz CT molecular complexity index is 1170. The van der Waals surface area contributed by atoms with Crippen molar-refractivity contribution >= 4 is 5.97 Å². The van der Waals surface area contributed by atoms with E-state index in [0.29, 0.717) is 30.3 Å². The Balaban J connectivity index is 0.00000385. The smallest absolute Gasteiger partial charge is 0.414 e. The summed E-state index contributed by atoms with van der Waals surface area (Å²) < 4.78 is 112. The first-order chi connectivity index (χ1) is 14.8. The summed E-state index contributed by atoms with van der Waals surface area (Å²) in [7, 11) is 0. The number of hydrogen-bond donors (Lipinski definition) is 1. The van der Waals surface area contributed by atoms with Crippen molar-refractivity contribution in [2.75, 3.05) is 0 Å². The van der Waals surface area contributed by atoms with Gasteiger partial charge < -0.3 is 5.11 Å². The third kappa shape index (κ3) is 4.59. The summed E-state index contributed by atoms with van der Waals surface area (Å²) >= 11 is 0. The van der Waals surface area contributed by atoms with Gasteiger partial charge in [0, 0.05) is 21.1 Å². The molecule has 178 valence electrons. The summed E-state index contributed by atoms with van der Waals surface area (Å²) in [6, 6.07) is 6.25. The van der Waals surface area contributed by atoms with Crippen LogP contribution in [-0.2, 0) is 26.5 Å². The molecule has 0 aromatic carbocycles. The van der Waals surface area contributed by atoms with E-state index in [9.17, 15) is 39.9 Å². The molecule has 0 aliphatic heterocycles. The van der Waals surface area contributed by atoms with E-state index < -0.39 is 64.0 Å². The van der Waals surface area contributed by atoms with Gasteiger partial charge in [0.15, 0.2) is 0 Å². The molecule has 0 bridgehead atoms. The molecular formula is C19H8F8N3O2Pt-. The molecule has 0 aliphatic rings. The third-order valence-corrected chi connectivity index (χ3v) is 4.34. The number of halogens is 8. The Morgan fingerprint density at radius 1 is 0.848 bits per heavy atom. The normalized spacial score (nSPS) is 12.2. The van der Waals surface area contributed by atoms with Gasteiger partial charge in [0.1, 0.15) is 17.6 Å². The van der Waals surface area contributed by atoms with Crippen LogP contribution in [0.1, 0.15) is 21.9 Å². The topological polar surface area (TPSA) is 76.0 Å². The number of carboxylic acid groups (broad SMARTS) is 1. The average molecular weight is 657 g/mol. The average Bonchev–Trinajstić information content (AvgIpc) is 2.66. The first kappa shape index (κ1) is 26.3. The fourth-order valence-electron chi connectivity index (χ4n) is 2.97. The van der Waals surface area contributed by atoms with Crippen molar-refractivity contribution in [2.24, 2.45) is 0 Å². The molecule has 0 spiro atoms. The molecule has 0 saturated carbocycles. The van der Waals surface area contributed by atoms with Crippen LogP contribution in [0.15, 0.2) is 42.5 Å². The molecule has 0 atom stereocenters. The molecular weight excluding hydrogens is 649 g/mol. The largest absolute Gasteiger partial charge is 0.477 e. The van der Waals surface area contributed by atoms with Gasteiger partial charge in [-0.05, 0) is 23.9 Å². The van der Waals surface area contributed by atoms with Crippen molar-refractivity contribution in [3.05, 3.63) is 77.5 Å². The van der Waals surface area contributed by atoms with E-state index in [2.05, 4.69) is 15.0 Å². The van der Waals surface area contributed by atoms with Gasteiger partial charge >= 0.3 is 18.3 Å². The number of pyridine rings is 3. The summed E-state index contributed by atoms with van der Waals surface area (Å²) in [5.41, 5.74) is -10.8. The Morgan fingerprint density at radius 3 is 1.91 bits per heavy atom. The predicted molar refractivity (Wildman–Crippen MR) is 90.3 cm³/mol. The molecule has 3 heterocycles. The molecule has 5 nitrogen and oxygen atoms in total. The number of carboxylic acids is 1. The maximum Gasteiger partial charge on any atom is 0.414 e. The monoisotopic (exact) mass is 657 g/mol.